The Hall–Kier alpha value is -0.120. The van der Waals surface area contributed by atoms with Gasteiger partial charge in [0.2, 0.25) is 0 Å². The van der Waals surface area contributed by atoms with Crippen molar-refractivity contribution in [1.82, 2.24) is 10.2 Å². The molecular formula is C14H30N2O. The summed E-state index contributed by atoms with van der Waals surface area (Å²) in [5.41, 5.74) is 0. The number of hydrogen-bond donors (Lipinski definition) is 1. The van der Waals surface area contributed by atoms with Crippen LogP contribution in [0.15, 0.2) is 0 Å². The predicted molar refractivity (Wildman–Crippen MR) is 73.4 cm³/mol. The van der Waals surface area contributed by atoms with Crippen LogP contribution in [0.4, 0.5) is 0 Å². The van der Waals surface area contributed by atoms with Crippen LogP contribution in [0.1, 0.15) is 40.0 Å². The Labute approximate surface area is 107 Å². The van der Waals surface area contributed by atoms with Crippen LogP contribution in [0.2, 0.25) is 0 Å². The SMILES string of the molecule is CCN(CCOCCC(C)C)C1CCNCC1. The van der Waals surface area contributed by atoms with Crippen molar-refractivity contribution in [2.45, 2.75) is 46.1 Å². The van der Waals surface area contributed by atoms with Crippen LogP contribution < -0.4 is 5.32 Å². The summed E-state index contributed by atoms with van der Waals surface area (Å²) in [6.45, 7) is 13.2. The van der Waals surface area contributed by atoms with Crippen molar-refractivity contribution in [3.63, 3.8) is 0 Å². The monoisotopic (exact) mass is 242 g/mol. The average molecular weight is 242 g/mol. The minimum Gasteiger partial charge on any atom is -0.380 e. The molecule has 0 unspecified atom stereocenters. The summed E-state index contributed by atoms with van der Waals surface area (Å²) >= 11 is 0. The van der Waals surface area contributed by atoms with Crippen molar-refractivity contribution in [2.75, 3.05) is 39.4 Å². The van der Waals surface area contributed by atoms with Gasteiger partial charge in [0.1, 0.15) is 0 Å². The Kier molecular flexibility index (Phi) is 7.82. The lowest BCUT2D eigenvalue weighted by atomic mass is 10.1. The number of nitrogens with one attached hydrogen (secondary N) is 1. The summed E-state index contributed by atoms with van der Waals surface area (Å²) in [5.74, 6) is 0.752. The van der Waals surface area contributed by atoms with Crippen molar-refractivity contribution in [1.29, 1.82) is 0 Å². The van der Waals surface area contributed by atoms with Gasteiger partial charge in [0.15, 0.2) is 0 Å². The Morgan fingerprint density at radius 3 is 2.53 bits per heavy atom. The average Bonchev–Trinajstić information content (AvgIpc) is 2.34. The molecule has 1 aliphatic rings. The van der Waals surface area contributed by atoms with Crippen LogP contribution in [0.3, 0.4) is 0 Å². The Morgan fingerprint density at radius 1 is 1.24 bits per heavy atom. The molecule has 1 rings (SSSR count). The van der Waals surface area contributed by atoms with Crippen LogP contribution in [-0.4, -0.2) is 50.3 Å². The van der Waals surface area contributed by atoms with E-state index in [0.29, 0.717) is 0 Å². The highest BCUT2D eigenvalue weighted by Crippen LogP contribution is 2.11. The van der Waals surface area contributed by atoms with Crippen molar-refractivity contribution >= 4 is 0 Å². The highest BCUT2D eigenvalue weighted by molar-refractivity contribution is 4.76. The highest BCUT2D eigenvalue weighted by Gasteiger charge is 2.18. The van der Waals surface area contributed by atoms with E-state index >= 15 is 0 Å². The molecular weight excluding hydrogens is 212 g/mol. The molecule has 0 radical (unpaired) electrons. The summed E-state index contributed by atoms with van der Waals surface area (Å²) in [4.78, 5) is 2.58. The Morgan fingerprint density at radius 2 is 1.94 bits per heavy atom. The lowest BCUT2D eigenvalue weighted by Gasteiger charge is -2.33. The third kappa shape index (κ3) is 6.39. The van der Waals surface area contributed by atoms with E-state index < -0.39 is 0 Å². The van der Waals surface area contributed by atoms with Gasteiger partial charge in [0.05, 0.1) is 6.61 Å². The number of rotatable bonds is 8. The first-order valence-corrected chi connectivity index (χ1v) is 7.26. The van der Waals surface area contributed by atoms with Gasteiger partial charge < -0.3 is 10.1 Å². The van der Waals surface area contributed by atoms with Crippen molar-refractivity contribution in [3.05, 3.63) is 0 Å². The number of likely N-dealkylation sites (N-methyl/N-ethyl adjacent to an activating group) is 1. The van der Waals surface area contributed by atoms with Gasteiger partial charge in [0.25, 0.3) is 0 Å². The van der Waals surface area contributed by atoms with Crippen molar-refractivity contribution < 1.29 is 4.74 Å². The Balaban J connectivity index is 2.09. The molecule has 0 aromatic heterocycles. The van der Waals surface area contributed by atoms with E-state index in [-0.39, 0.29) is 0 Å². The first kappa shape index (κ1) is 14.9. The summed E-state index contributed by atoms with van der Waals surface area (Å²) < 4.78 is 5.71. The lowest BCUT2D eigenvalue weighted by Crippen LogP contribution is -2.44. The van der Waals surface area contributed by atoms with Gasteiger partial charge in [-0.05, 0) is 44.8 Å². The molecule has 1 saturated heterocycles. The van der Waals surface area contributed by atoms with E-state index in [1.54, 1.807) is 0 Å². The molecule has 0 aliphatic carbocycles. The van der Waals surface area contributed by atoms with Gasteiger partial charge in [-0.1, -0.05) is 20.8 Å². The quantitative estimate of drug-likeness (QED) is 0.660. The Bertz CT molecular complexity index is 179. The molecule has 3 heteroatoms. The molecule has 0 saturated carbocycles. The molecule has 3 nitrogen and oxygen atoms in total. The maximum absolute atomic E-state index is 5.71. The zero-order chi connectivity index (χ0) is 12.5. The maximum Gasteiger partial charge on any atom is 0.0593 e. The van der Waals surface area contributed by atoms with Gasteiger partial charge in [-0.3, -0.25) is 4.90 Å². The smallest absolute Gasteiger partial charge is 0.0593 e. The third-order valence-electron chi connectivity index (χ3n) is 3.59. The normalized spacial score (nSPS) is 18.2. The summed E-state index contributed by atoms with van der Waals surface area (Å²) in [6, 6.07) is 0.773. The topological polar surface area (TPSA) is 24.5 Å². The minimum absolute atomic E-state index is 0.752. The largest absolute Gasteiger partial charge is 0.380 e. The standard InChI is InChI=1S/C14H30N2O/c1-4-16(14-5-8-15-9-6-14)10-12-17-11-7-13(2)3/h13-15H,4-12H2,1-3H3. The maximum atomic E-state index is 5.71. The summed E-state index contributed by atoms with van der Waals surface area (Å²) in [5, 5.41) is 3.42. The molecule has 1 fully saturated rings. The summed E-state index contributed by atoms with van der Waals surface area (Å²) in [6.07, 6.45) is 3.76. The van der Waals surface area contributed by atoms with E-state index in [2.05, 4.69) is 31.0 Å². The fourth-order valence-corrected chi connectivity index (χ4v) is 2.37. The van der Waals surface area contributed by atoms with Crippen LogP contribution in [0.5, 0.6) is 0 Å². The predicted octanol–water partition coefficient (Wildman–Crippen LogP) is 2.12. The molecule has 17 heavy (non-hydrogen) atoms. The molecule has 0 atom stereocenters. The van der Waals surface area contributed by atoms with Crippen molar-refractivity contribution in [3.8, 4) is 0 Å². The first-order valence-electron chi connectivity index (χ1n) is 7.26. The highest BCUT2D eigenvalue weighted by atomic mass is 16.5. The molecule has 0 aromatic rings. The van der Waals surface area contributed by atoms with Gasteiger partial charge >= 0.3 is 0 Å². The molecule has 0 aromatic carbocycles. The van der Waals surface area contributed by atoms with Crippen LogP contribution >= 0.6 is 0 Å². The molecule has 0 amide bonds. The van der Waals surface area contributed by atoms with E-state index in [4.69, 9.17) is 4.74 Å². The zero-order valence-electron chi connectivity index (χ0n) is 11.9. The number of hydrogen-bond acceptors (Lipinski definition) is 3. The number of nitrogens with zero attached hydrogens (tertiary/aromatic N) is 1. The molecule has 1 N–H and O–H groups in total. The fourth-order valence-electron chi connectivity index (χ4n) is 2.37. The molecule has 102 valence electrons. The second-order valence-electron chi connectivity index (χ2n) is 5.40. The second kappa shape index (κ2) is 8.90. The van der Waals surface area contributed by atoms with E-state index in [1.807, 2.05) is 0 Å². The minimum atomic E-state index is 0.752. The fraction of sp³-hybridized carbons (Fsp3) is 1.00. The number of ether oxygens (including phenoxy) is 1. The number of piperidine rings is 1. The second-order valence-corrected chi connectivity index (χ2v) is 5.40. The lowest BCUT2D eigenvalue weighted by molar-refractivity contribution is 0.0758. The van der Waals surface area contributed by atoms with Crippen LogP contribution in [0, 0.1) is 5.92 Å². The first-order chi connectivity index (χ1) is 8.24. The molecule has 1 heterocycles. The van der Waals surface area contributed by atoms with Gasteiger partial charge in [-0.2, -0.15) is 0 Å². The van der Waals surface area contributed by atoms with Crippen LogP contribution in [0.25, 0.3) is 0 Å². The molecule has 0 spiro atoms. The van der Waals surface area contributed by atoms with E-state index in [1.165, 1.54) is 32.4 Å². The third-order valence-corrected chi connectivity index (χ3v) is 3.59. The van der Waals surface area contributed by atoms with Crippen LogP contribution in [-0.2, 0) is 4.74 Å². The molecule has 1 aliphatic heterocycles. The summed E-state index contributed by atoms with van der Waals surface area (Å²) in [7, 11) is 0. The van der Waals surface area contributed by atoms with Gasteiger partial charge in [0, 0.05) is 19.2 Å². The van der Waals surface area contributed by atoms with Crippen molar-refractivity contribution in [2.24, 2.45) is 5.92 Å². The van der Waals surface area contributed by atoms with Gasteiger partial charge in [-0.15, -0.1) is 0 Å². The zero-order valence-corrected chi connectivity index (χ0v) is 11.9. The van der Waals surface area contributed by atoms with E-state index in [9.17, 15) is 0 Å². The van der Waals surface area contributed by atoms with E-state index in [0.717, 1.165) is 38.3 Å². The molecule has 0 bridgehead atoms. The van der Waals surface area contributed by atoms with Gasteiger partial charge in [-0.25, -0.2) is 0 Å².